The molecule has 0 saturated heterocycles. The number of allylic oxidation sites excluding steroid dienone is 1. The number of thiazole rings is 1. The van der Waals surface area contributed by atoms with Crippen molar-refractivity contribution in [3.63, 3.8) is 0 Å². The molecule has 2 heterocycles. The Balaban J connectivity index is 1.31. The first-order valence-corrected chi connectivity index (χ1v) is 12.2. The zero-order valence-corrected chi connectivity index (χ0v) is 20.1. The summed E-state index contributed by atoms with van der Waals surface area (Å²) in [5, 5.41) is 0. The number of fused-ring (bicyclic) bond motifs is 2. The van der Waals surface area contributed by atoms with Gasteiger partial charge in [0, 0.05) is 33.2 Å². The molecule has 8 heteroatoms. The number of aromatic nitrogens is 1. The van der Waals surface area contributed by atoms with E-state index in [9.17, 15) is 9.18 Å². The Morgan fingerprint density at radius 3 is 2.58 bits per heavy atom. The van der Waals surface area contributed by atoms with E-state index < -0.39 is 0 Å². The number of hydrogen-bond donors (Lipinski definition) is 0. The molecule has 180 valence electrons. The highest BCUT2D eigenvalue weighted by molar-refractivity contribution is 7.09. The van der Waals surface area contributed by atoms with Crippen molar-refractivity contribution in [2.24, 2.45) is 0 Å². The van der Waals surface area contributed by atoms with Crippen LogP contribution in [0.3, 0.4) is 0 Å². The van der Waals surface area contributed by atoms with Crippen LogP contribution in [-0.4, -0.2) is 30.8 Å². The molecule has 0 N–H and O–H groups in total. The van der Waals surface area contributed by atoms with Crippen molar-refractivity contribution in [1.82, 2.24) is 4.98 Å². The van der Waals surface area contributed by atoms with Gasteiger partial charge in [-0.05, 0) is 42.8 Å². The lowest BCUT2D eigenvalue weighted by molar-refractivity contribution is 0.105. The standard InChI is InChI=1S/C28H20FNO5S/c1-16-27(30-14-36-16)26-24(17-5-7-18(29)8-6-17)28(31)20-3-2-4-22(25(20)26)33-12-11-32-19-9-10-21-23(13-19)35-15-34-21/h2-10,13-14H,11-12,15H2,1H3. The fourth-order valence-electron chi connectivity index (χ4n) is 4.42. The average Bonchev–Trinajstić information content (AvgIpc) is 3.60. The van der Waals surface area contributed by atoms with Crippen molar-refractivity contribution in [3.8, 4) is 23.0 Å². The van der Waals surface area contributed by atoms with Crippen LogP contribution in [0.1, 0.15) is 32.1 Å². The van der Waals surface area contributed by atoms with Crippen LogP contribution in [0.4, 0.5) is 4.39 Å². The topological polar surface area (TPSA) is 66.9 Å². The Morgan fingerprint density at radius 1 is 0.972 bits per heavy atom. The quantitative estimate of drug-likeness (QED) is 0.292. The van der Waals surface area contributed by atoms with Crippen LogP contribution in [0.2, 0.25) is 0 Å². The van der Waals surface area contributed by atoms with E-state index in [-0.39, 0.29) is 31.6 Å². The molecule has 3 aromatic carbocycles. The van der Waals surface area contributed by atoms with E-state index in [1.54, 1.807) is 41.9 Å². The Hall–Kier alpha value is -4.17. The van der Waals surface area contributed by atoms with E-state index in [4.69, 9.17) is 18.9 Å². The molecule has 1 aromatic heterocycles. The van der Waals surface area contributed by atoms with Gasteiger partial charge in [-0.1, -0.05) is 24.3 Å². The fraction of sp³-hybridized carbons (Fsp3) is 0.143. The van der Waals surface area contributed by atoms with Crippen molar-refractivity contribution in [3.05, 3.63) is 99.3 Å². The predicted octanol–water partition coefficient (Wildman–Crippen LogP) is 5.93. The van der Waals surface area contributed by atoms with E-state index in [1.807, 2.05) is 19.1 Å². The van der Waals surface area contributed by atoms with Crippen molar-refractivity contribution in [2.75, 3.05) is 20.0 Å². The fourth-order valence-corrected chi connectivity index (χ4v) is 5.01. The molecule has 0 bridgehead atoms. The number of aryl methyl sites for hydroxylation is 1. The number of Topliss-reactive ketones (excluding diaryl/α,β-unsaturated/α-hetero) is 1. The van der Waals surface area contributed by atoms with Gasteiger partial charge in [-0.2, -0.15) is 0 Å². The molecular weight excluding hydrogens is 481 g/mol. The van der Waals surface area contributed by atoms with Gasteiger partial charge in [0.2, 0.25) is 6.79 Å². The number of benzene rings is 3. The molecule has 2 aliphatic rings. The summed E-state index contributed by atoms with van der Waals surface area (Å²) in [6, 6.07) is 16.8. The summed E-state index contributed by atoms with van der Waals surface area (Å²) in [7, 11) is 0. The largest absolute Gasteiger partial charge is 0.490 e. The monoisotopic (exact) mass is 501 g/mol. The van der Waals surface area contributed by atoms with Crippen molar-refractivity contribution >= 4 is 28.3 Å². The second-order valence-corrected chi connectivity index (χ2v) is 9.29. The number of nitrogens with zero attached hydrogens (tertiary/aromatic N) is 1. The van der Waals surface area contributed by atoms with Crippen LogP contribution in [0, 0.1) is 12.7 Å². The number of halogens is 1. The molecule has 0 unspecified atom stereocenters. The van der Waals surface area contributed by atoms with Gasteiger partial charge in [0.05, 0.1) is 11.2 Å². The highest BCUT2D eigenvalue weighted by Crippen LogP contribution is 2.47. The van der Waals surface area contributed by atoms with Crippen molar-refractivity contribution in [1.29, 1.82) is 0 Å². The number of carbonyl (C=O) groups excluding carboxylic acids is 1. The third kappa shape index (κ3) is 3.89. The third-order valence-electron chi connectivity index (χ3n) is 6.07. The molecule has 0 saturated carbocycles. The number of ketones is 1. The van der Waals surface area contributed by atoms with Crippen LogP contribution < -0.4 is 18.9 Å². The molecule has 0 radical (unpaired) electrons. The van der Waals surface area contributed by atoms with Crippen LogP contribution >= 0.6 is 11.3 Å². The van der Waals surface area contributed by atoms with Crippen LogP contribution in [0.15, 0.2) is 66.2 Å². The van der Waals surface area contributed by atoms with Gasteiger partial charge in [-0.15, -0.1) is 11.3 Å². The molecule has 0 amide bonds. The minimum atomic E-state index is -0.361. The van der Waals surface area contributed by atoms with Gasteiger partial charge < -0.3 is 18.9 Å². The maximum Gasteiger partial charge on any atom is 0.231 e. The van der Waals surface area contributed by atoms with E-state index in [0.717, 1.165) is 10.6 Å². The summed E-state index contributed by atoms with van der Waals surface area (Å²) in [6.45, 7) is 2.71. The van der Waals surface area contributed by atoms with Gasteiger partial charge in [-0.3, -0.25) is 4.79 Å². The molecule has 1 aliphatic heterocycles. The predicted molar refractivity (Wildman–Crippen MR) is 133 cm³/mol. The van der Waals surface area contributed by atoms with Crippen molar-refractivity contribution < 1.29 is 28.1 Å². The molecular formula is C28H20FNO5S. The first kappa shape index (κ1) is 22.3. The summed E-state index contributed by atoms with van der Waals surface area (Å²) in [5.41, 5.74) is 5.53. The lowest BCUT2D eigenvalue weighted by Gasteiger charge is -2.14. The number of ether oxygens (including phenoxy) is 4. The highest BCUT2D eigenvalue weighted by Gasteiger charge is 2.35. The normalized spacial score (nSPS) is 13.8. The smallest absolute Gasteiger partial charge is 0.231 e. The first-order chi connectivity index (χ1) is 17.6. The summed E-state index contributed by atoms with van der Waals surface area (Å²) in [4.78, 5) is 19.1. The maximum atomic E-state index is 13.6. The van der Waals surface area contributed by atoms with Gasteiger partial charge in [0.1, 0.15) is 30.5 Å². The molecule has 0 spiro atoms. The molecule has 6 rings (SSSR count). The SMILES string of the molecule is Cc1scnc1C1=C(c2ccc(F)cc2)C(=O)c2cccc(OCCOc3ccc4c(c3)OCO4)c21. The number of hydrogen-bond acceptors (Lipinski definition) is 7. The minimum Gasteiger partial charge on any atom is -0.490 e. The van der Waals surface area contributed by atoms with E-state index in [2.05, 4.69) is 4.98 Å². The highest BCUT2D eigenvalue weighted by atomic mass is 32.1. The van der Waals surface area contributed by atoms with Gasteiger partial charge in [0.15, 0.2) is 17.3 Å². The number of carbonyl (C=O) groups is 1. The third-order valence-corrected chi connectivity index (χ3v) is 6.82. The molecule has 0 atom stereocenters. The lowest BCUT2D eigenvalue weighted by Crippen LogP contribution is -2.10. The summed E-state index contributed by atoms with van der Waals surface area (Å²) in [5.74, 6) is 2.05. The van der Waals surface area contributed by atoms with E-state index in [0.29, 0.717) is 50.8 Å². The number of rotatable bonds is 7. The molecule has 6 nitrogen and oxygen atoms in total. The zero-order valence-electron chi connectivity index (χ0n) is 19.2. The van der Waals surface area contributed by atoms with Gasteiger partial charge in [-0.25, -0.2) is 9.37 Å². The summed E-state index contributed by atoms with van der Waals surface area (Å²) in [6.07, 6.45) is 0. The molecule has 1 aliphatic carbocycles. The molecule has 0 fully saturated rings. The molecule has 4 aromatic rings. The lowest BCUT2D eigenvalue weighted by atomic mass is 9.97. The second-order valence-electron chi connectivity index (χ2n) is 8.23. The minimum absolute atomic E-state index is 0.138. The molecule has 36 heavy (non-hydrogen) atoms. The summed E-state index contributed by atoms with van der Waals surface area (Å²) >= 11 is 1.50. The van der Waals surface area contributed by atoms with Crippen LogP contribution in [-0.2, 0) is 0 Å². The van der Waals surface area contributed by atoms with Crippen LogP contribution in [0.5, 0.6) is 23.0 Å². The van der Waals surface area contributed by atoms with Gasteiger partial charge >= 0.3 is 0 Å². The maximum absolute atomic E-state index is 13.6. The Morgan fingerprint density at radius 2 is 1.78 bits per heavy atom. The van der Waals surface area contributed by atoms with E-state index in [1.165, 1.54) is 23.5 Å². The summed E-state index contributed by atoms with van der Waals surface area (Å²) < 4.78 is 36.3. The van der Waals surface area contributed by atoms with Gasteiger partial charge in [0.25, 0.3) is 0 Å². The Bertz CT molecular complexity index is 1510. The zero-order chi connectivity index (χ0) is 24.6. The Kier molecular flexibility index (Phi) is 5.65. The Labute approximate surface area is 210 Å². The van der Waals surface area contributed by atoms with Crippen molar-refractivity contribution in [2.45, 2.75) is 6.92 Å². The first-order valence-electron chi connectivity index (χ1n) is 11.3. The van der Waals surface area contributed by atoms with Crippen LogP contribution in [0.25, 0.3) is 11.1 Å². The second kappa shape index (κ2) is 9.13. The van der Waals surface area contributed by atoms with E-state index >= 15 is 0 Å². The average molecular weight is 502 g/mol.